The van der Waals surface area contributed by atoms with Gasteiger partial charge in [0.25, 0.3) is 0 Å². The van der Waals surface area contributed by atoms with Gasteiger partial charge in [-0.15, -0.1) is 0 Å². The van der Waals surface area contributed by atoms with Gasteiger partial charge in [0, 0.05) is 36.8 Å². The molecule has 1 heterocycles. The third-order valence-corrected chi connectivity index (χ3v) is 4.47. The predicted octanol–water partition coefficient (Wildman–Crippen LogP) is 2.62. The van der Waals surface area contributed by atoms with Gasteiger partial charge in [-0.25, -0.2) is 0 Å². The minimum absolute atomic E-state index is 0.100. The summed E-state index contributed by atoms with van der Waals surface area (Å²) in [6, 6.07) is 5.84. The van der Waals surface area contributed by atoms with Crippen molar-refractivity contribution in [2.45, 2.75) is 51.7 Å². The Morgan fingerprint density at radius 1 is 1.30 bits per heavy atom. The number of benzene rings is 1. The zero-order chi connectivity index (χ0) is 14.7. The Morgan fingerprint density at radius 2 is 2.05 bits per heavy atom. The average molecular weight is 278 g/mol. The molecule has 4 heteroatoms. The first-order valence-electron chi connectivity index (χ1n) is 7.57. The molecule has 4 nitrogen and oxygen atoms in total. The van der Waals surface area contributed by atoms with Gasteiger partial charge in [-0.3, -0.25) is 4.90 Å². The fourth-order valence-electron chi connectivity index (χ4n) is 3.07. The van der Waals surface area contributed by atoms with Crippen LogP contribution >= 0.6 is 0 Å². The average Bonchev–Trinajstić information content (AvgIpc) is 2.48. The van der Waals surface area contributed by atoms with Gasteiger partial charge in [-0.05, 0) is 38.0 Å². The Kier molecular flexibility index (Phi) is 4.89. The number of nitrogens with zero attached hydrogens (tertiary/aromatic N) is 1. The van der Waals surface area contributed by atoms with Crippen LogP contribution in [0.25, 0.3) is 0 Å². The third kappa shape index (κ3) is 3.07. The van der Waals surface area contributed by atoms with E-state index in [1.807, 2.05) is 0 Å². The second kappa shape index (κ2) is 6.46. The van der Waals surface area contributed by atoms with Crippen LogP contribution < -0.4 is 5.32 Å². The highest BCUT2D eigenvalue weighted by atomic mass is 16.3. The Hall–Kier alpha value is -1.26. The van der Waals surface area contributed by atoms with E-state index in [0.29, 0.717) is 12.1 Å². The van der Waals surface area contributed by atoms with Crippen LogP contribution in [0.4, 0.5) is 0 Å². The summed E-state index contributed by atoms with van der Waals surface area (Å²) >= 11 is 0. The monoisotopic (exact) mass is 278 g/mol. The molecule has 0 aliphatic carbocycles. The molecule has 112 valence electrons. The van der Waals surface area contributed by atoms with Gasteiger partial charge in [-0.2, -0.15) is 0 Å². The second-order valence-corrected chi connectivity index (χ2v) is 5.69. The minimum atomic E-state index is 0.100. The van der Waals surface area contributed by atoms with Gasteiger partial charge in [-0.1, -0.05) is 13.8 Å². The van der Waals surface area contributed by atoms with Crippen LogP contribution in [0.1, 0.15) is 45.2 Å². The number of piperazine rings is 1. The van der Waals surface area contributed by atoms with Crippen molar-refractivity contribution >= 4 is 0 Å². The standard InChI is InChI=1S/C16H26N2O2/c1-4-12-10-18(13(5-2)9-17-12)11(3)15-8-14(19)6-7-16(15)20/h6-8,11-13,17,19-20H,4-5,9-10H2,1-3H3. The number of hydrogen-bond donors (Lipinski definition) is 3. The lowest BCUT2D eigenvalue weighted by Crippen LogP contribution is -2.56. The predicted molar refractivity (Wildman–Crippen MR) is 81.1 cm³/mol. The molecule has 0 spiro atoms. The van der Waals surface area contributed by atoms with Crippen LogP contribution in [0, 0.1) is 0 Å². The van der Waals surface area contributed by atoms with Crippen molar-refractivity contribution in [1.82, 2.24) is 10.2 Å². The SMILES string of the molecule is CCC1CN(C(C)c2cc(O)ccc2O)C(CC)CN1. The lowest BCUT2D eigenvalue weighted by atomic mass is 9.98. The summed E-state index contributed by atoms with van der Waals surface area (Å²) in [5.41, 5.74) is 0.806. The summed E-state index contributed by atoms with van der Waals surface area (Å²) in [5, 5.41) is 23.3. The van der Waals surface area contributed by atoms with Crippen molar-refractivity contribution in [3.63, 3.8) is 0 Å². The first kappa shape index (κ1) is 15.1. The summed E-state index contributed by atoms with van der Waals surface area (Å²) in [6.45, 7) is 8.46. The van der Waals surface area contributed by atoms with Crippen molar-refractivity contribution in [2.75, 3.05) is 13.1 Å². The van der Waals surface area contributed by atoms with Crippen molar-refractivity contribution in [2.24, 2.45) is 0 Å². The molecule has 0 amide bonds. The fourth-order valence-corrected chi connectivity index (χ4v) is 3.07. The summed E-state index contributed by atoms with van der Waals surface area (Å²) in [6.07, 6.45) is 2.18. The molecule has 1 saturated heterocycles. The molecule has 1 aromatic carbocycles. The molecule has 3 atom stereocenters. The number of hydrogen-bond acceptors (Lipinski definition) is 4. The summed E-state index contributed by atoms with van der Waals surface area (Å²) < 4.78 is 0. The topological polar surface area (TPSA) is 55.7 Å². The highest BCUT2D eigenvalue weighted by molar-refractivity contribution is 5.40. The van der Waals surface area contributed by atoms with Gasteiger partial charge in [0.2, 0.25) is 0 Å². The van der Waals surface area contributed by atoms with E-state index in [-0.39, 0.29) is 17.5 Å². The maximum atomic E-state index is 10.1. The van der Waals surface area contributed by atoms with Crippen LogP contribution in [0.15, 0.2) is 18.2 Å². The van der Waals surface area contributed by atoms with Crippen molar-refractivity contribution in [3.05, 3.63) is 23.8 Å². The fraction of sp³-hybridized carbons (Fsp3) is 0.625. The van der Waals surface area contributed by atoms with Crippen LogP contribution in [0.5, 0.6) is 11.5 Å². The molecule has 1 fully saturated rings. The summed E-state index contributed by atoms with van der Waals surface area (Å²) in [7, 11) is 0. The van der Waals surface area contributed by atoms with Crippen LogP contribution in [0.2, 0.25) is 0 Å². The molecule has 0 radical (unpaired) electrons. The van der Waals surface area contributed by atoms with E-state index in [4.69, 9.17) is 0 Å². The molecule has 2 rings (SSSR count). The first-order chi connectivity index (χ1) is 9.56. The van der Waals surface area contributed by atoms with E-state index in [0.717, 1.165) is 31.5 Å². The second-order valence-electron chi connectivity index (χ2n) is 5.69. The van der Waals surface area contributed by atoms with Crippen LogP contribution in [-0.2, 0) is 0 Å². The van der Waals surface area contributed by atoms with Crippen molar-refractivity contribution < 1.29 is 10.2 Å². The molecular formula is C16H26N2O2. The van der Waals surface area contributed by atoms with Gasteiger partial charge < -0.3 is 15.5 Å². The van der Waals surface area contributed by atoms with Gasteiger partial charge in [0.1, 0.15) is 11.5 Å². The van der Waals surface area contributed by atoms with E-state index in [2.05, 4.69) is 31.0 Å². The zero-order valence-corrected chi connectivity index (χ0v) is 12.6. The molecule has 0 bridgehead atoms. The third-order valence-electron chi connectivity index (χ3n) is 4.47. The van der Waals surface area contributed by atoms with E-state index in [1.165, 1.54) is 6.07 Å². The number of nitrogens with one attached hydrogen (secondary N) is 1. The van der Waals surface area contributed by atoms with E-state index >= 15 is 0 Å². The van der Waals surface area contributed by atoms with E-state index in [9.17, 15) is 10.2 Å². The summed E-state index contributed by atoms with van der Waals surface area (Å²) in [5.74, 6) is 0.469. The van der Waals surface area contributed by atoms with Crippen molar-refractivity contribution in [3.8, 4) is 11.5 Å². The normalized spacial score (nSPS) is 25.6. The Labute approximate surface area is 121 Å². The zero-order valence-electron chi connectivity index (χ0n) is 12.6. The first-order valence-corrected chi connectivity index (χ1v) is 7.57. The Balaban J connectivity index is 2.24. The maximum Gasteiger partial charge on any atom is 0.120 e. The van der Waals surface area contributed by atoms with Gasteiger partial charge in [0.15, 0.2) is 0 Å². The molecule has 20 heavy (non-hydrogen) atoms. The number of phenolic OH excluding ortho intramolecular Hbond substituents is 2. The Bertz CT molecular complexity index is 450. The molecule has 1 aromatic rings. The molecule has 0 saturated carbocycles. The number of rotatable bonds is 4. The number of aromatic hydroxyl groups is 2. The molecule has 1 aliphatic rings. The highest BCUT2D eigenvalue weighted by Crippen LogP contribution is 2.33. The lowest BCUT2D eigenvalue weighted by Gasteiger charge is -2.43. The lowest BCUT2D eigenvalue weighted by molar-refractivity contribution is 0.0838. The van der Waals surface area contributed by atoms with Crippen LogP contribution in [0.3, 0.4) is 0 Å². The highest BCUT2D eigenvalue weighted by Gasteiger charge is 2.31. The van der Waals surface area contributed by atoms with E-state index in [1.54, 1.807) is 12.1 Å². The molecule has 0 aromatic heterocycles. The molecule has 1 aliphatic heterocycles. The molecular weight excluding hydrogens is 252 g/mol. The smallest absolute Gasteiger partial charge is 0.120 e. The quantitative estimate of drug-likeness (QED) is 0.741. The van der Waals surface area contributed by atoms with Gasteiger partial charge >= 0.3 is 0 Å². The Morgan fingerprint density at radius 3 is 2.70 bits per heavy atom. The molecule has 3 N–H and O–H groups in total. The largest absolute Gasteiger partial charge is 0.508 e. The maximum absolute atomic E-state index is 10.1. The van der Waals surface area contributed by atoms with E-state index < -0.39 is 0 Å². The summed E-state index contributed by atoms with van der Waals surface area (Å²) in [4.78, 5) is 2.44. The van der Waals surface area contributed by atoms with Gasteiger partial charge in [0.05, 0.1) is 0 Å². The van der Waals surface area contributed by atoms with Crippen molar-refractivity contribution in [1.29, 1.82) is 0 Å². The number of phenols is 2. The molecule has 3 unspecified atom stereocenters. The van der Waals surface area contributed by atoms with Crippen LogP contribution in [-0.4, -0.2) is 40.3 Å². The minimum Gasteiger partial charge on any atom is -0.508 e.